The number of aryl methyl sites for hydroxylation is 2. The van der Waals surface area contributed by atoms with Gasteiger partial charge in [-0.25, -0.2) is 4.98 Å². The highest BCUT2D eigenvalue weighted by Crippen LogP contribution is 2.58. The molecule has 1 aromatic rings. The third-order valence-electron chi connectivity index (χ3n) is 4.26. The molecule has 3 fully saturated rings. The van der Waals surface area contributed by atoms with Crippen molar-refractivity contribution < 1.29 is 13.2 Å². The minimum Gasteiger partial charge on any atom is -0.283 e. The molecule has 4 rings (SSSR count). The molecule has 0 N–H and O–H groups in total. The Labute approximate surface area is 108 Å². The highest BCUT2D eigenvalue weighted by atomic mass is 32.1. The standard InChI is InChI=1S/C12H15F3N2S/c1-7-8(2)18-10(16-7)6-17-5-9-3-11(17,4-9)12(13,14)15/h9H,3-6H2,1-2H3. The molecule has 1 aliphatic carbocycles. The van der Waals surface area contributed by atoms with Crippen LogP contribution in [0.2, 0.25) is 0 Å². The third-order valence-corrected chi connectivity index (χ3v) is 5.32. The molecule has 0 atom stereocenters. The zero-order chi connectivity index (χ0) is 13.1. The Kier molecular flexibility index (Phi) is 2.55. The molecule has 3 heterocycles. The van der Waals surface area contributed by atoms with Crippen LogP contribution in [0.3, 0.4) is 0 Å². The van der Waals surface area contributed by atoms with Gasteiger partial charge in [0.15, 0.2) is 0 Å². The van der Waals surface area contributed by atoms with Crippen LogP contribution in [-0.4, -0.2) is 28.1 Å². The number of rotatable bonds is 2. The van der Waals surface area contributed by atoms with Gasteiger partial charge in [0.05, 0.1) is 12.2 Å². The fourth-order valence-corrected chi connectivity index (χ4v) is 4.12. The summed E-state index contributed by atoms with van der Waals surface area (Å²) in [5, 5.41) is 0.807. The maximum absolute atomic E-state index is 13.2. The topological polar surface area (TPSA) is 16.1 Å². The Bertz CT molecular complexity index is 455. The van der Waals surface area contributed by atoms with Crippen molar-refractivity contribution >= 4 is 11.3 Å². The van der Waals surface area contributed by atoms with E-state index in [0.29, 0.717) is 13.1 Å². The van der Waals surface area contributed by atoms with Crippen LogP contribution in [0.5, 0.6) is 0 Å². The van der Waals surface area contributed by atoms with Crippen molar-refractivity contribution in [1.29, 1.82) is 0 Å². The predicted molar refractivity (Wildman–Crippen MR) is 63.5 cm³/mol. The number of hydrogen-bond acceptors (Lipinski definition) is 3. The number of hydrogen-bond donors (Lipinski definition) is 0. The zero-order valence-electron chi connectivity index (χ0n) is 10.3. The van der Waals surface area contributed by atoms with E-state index in [4.69, 9.17) is 0 Å². The Balaban J connectivity index is 1.81. The lowest BCUT2D eigenvalue weighted by Gasteiger charge is -2.43. The number of thiazole rings is 1. The molecule has 3 aliphatic rings. The van der Waals surface area contributed by atoms with Gasteiger partial charge in [-0.1, -0.05) is 0 Å². The quantitative estimate of drug-likeness (QED) is 0.824. The summed E-state index contributed by atoms with van der Waals surface area (Å²) in [6.07, 6.45) is -3.55. The van der Waals surface area contributed by atoms with Crippen LogP contribution >= 0.6 is 11.3 Å². The van der Waals surface area contributed by atoms with Crippen molar-refractivity contribution in [2.45, 2.75) is 44.9 Å². The molecule has 1 aromatic heterocycles. The van der Waals surface area contributed by atoms with Crippen molar-refractivity contribution in [3.63, 3.8) is 0 Å². The van der Waals surface area contributed by atoms with Crippen LogP contribution in [-0.2, 0) is 6.54 Å². The van der Waals surface area contributed by atoms with E-state index in [0.717, 1.165) is 15.6 Å². The lowest BCUT2D eigenvalue weighted by atomic mass is 9.73. The summed E-state index contributed by atoms with van der Waals surface area (Å²) in [4.78, 5) is 7.04. The first-order valence-corrected chi connectivity index (χ1v) is 6.88. The van der Waals surface area contributed by atoms with Gasteiger partial charge in [-0.05, 0) is 32.6 Å². The maximum Gasteiger partial charge on any atom is 0.406 e. The summed E-state index contributed by atoms with van der Waals surface area (Å²) < 4.78 is 39.5. The number of fused-ring (bicyclic) bond motifs is 1. The van der Waals surface area contributed by atoms with E-state index in [9.17, 15) is 13.2 Å². The van der Waals surface area contributed by atoms with E-state index >= 15 is 0 Å². The van der Waals surface area contributed by atoms with Crippen LogP contribution in [0.15, 0.2) is 0 Å². The zero-order valence-corrected chi connectivity index (χ0v) is 11.2. The molecule has 18 heavy (non-hydrogen) atoms. The summed E-state index contributed by atoms with van der Waals surface area (Å²) >= 11 is 1.51. The third kappa shape index (κ3) is 1.61. The lowest BCUT2D eigenvalue weighted by molar-refractivity contribution is -0.238. The second kappa shape index (κ2) is 3.70. The van der Waals surface area contributed by atoms with Crippen molar-refractivity contribution in [3.05, 3.63) is 15.6 Å². The van der Waals surface area contributed by atoms with Crippen molar-refractivity contribution in [3.8, 4) is 0 Å². The largest absolute Gasteiger partial charge is 0.406 e. The van der Waals surface area contributed by atoms with Gasteiger partial charge in [-0.3, -0.25) is 4.90 Å². The highest BCUT2D eigenvalue weighted by Gasteiger charge is 2.69. The van der Waals surface area contributed by atoms with Gasteiger partial charge in [0.25, 0.3) is 0 Å². The van der Waals surface area contributed by atoms with Crippen LogP contribution in [0.25, 0.3) is 0 Å². The van der Waals surface area contributed by atoms with Gasteiger partial charge in [-0.15, -0.1) is 11.3 Å². The second-order valence-electron chi connectivity index (χ2n) is 5.43. The van der Waals surface area contributed by atoms with Crippen molar-refractivity contribution in [2.75, 3.05) is 6.54 Å². The summed E-state index contributed by atoms with van der Waals surface area (Å²) in [5.41, 5.74) is -0.617. The molecule has 2 nitrogen and oxygen atoms in total. The molecule has 0 aromatic carbocycles. The smallest absolute Gasteiger partial charge is 0.283 e. The Morgan fingerprint density at radius 2 is 2.06 bits per heavy atom. The molecule has 0 spiro atoms. The molecule has 2 bridgehead atoms. The average molecular weight is 276 g/mol. The first-order chi connectivity index (χ1) is 8.32. The molecular formula is C12H15F3N2S. The average Bonchev–Trinajstić information content (AvgIpc) is 2.77. The minimum atomic E-state index is -4.11. The molecule has 0 radical (unpaired) electrons. The van der Waals surface area contributed by atoms with E-state index in [1.165, 1.54) is 11.3 Å². The molecule has 100 valence electrons. The number of nitrogens with zero attached hydrogens (tertiary/aromatic N) is 2. The molecule has 6 heteroatoms. The molecule has 0 unspecified atom stereocenters. The van der Waals surface area contributed by atoms with Crippen LogP contribution in [0.4, 0.5) is 13.2 Å². The SMILES string of the molecule is Cc1nc(CN2CC3CC2(C(F)(F)F)C3)sc1C. The summed E-state index contributed by atoms with van der Waals surface area (Å²) in [7, 11) is 0. The fraction of sp³-hybridized carbons (Fsp3) is 0.750. The monoisotopic (exact) mass is 276 g/mol. The highest BCUT2D eigenvalue weighted by molar-refractivity contribution is 7.11. The van der Waals surface area contributed by atoms with Crippen LogP contribution < -0.4 is 0 Å². The maximum atomic E-state index is 13.2. The number of alkyl halides is 3. The first kappa shape index (κ1) is 12.4. The van der Waals surface area contributed by atoms with Crippen LogP contribution in [0, 0.1) is 19.8 Å². The molecule has 1 saturated carbocycles. The first-order valence-electron chi connectivity index (χ1n) is 6.06. The van der Waals surface area contributed by atoms with Gasteiger partial charge >= 0.3 is 6.18 Å². The van der Waals surface area contributed by atoms with E-state index < -0.39 is 11.7 Å². The molecule has 0 amide bonds. The Morgan fingerprint density at radius 1 is 1.39 bits per heavy atom. The van der Waals surface area contributed by atoms with Gasteiger partial charge < -0.3 is 0 Å². The summed E-state index contributed by atoms with van der Waals surface area (Å²) in [5.74, 6) is 0.230. The number of aromatic nitrogens is 1. The lowest BCUT2D eigenvalue weighted by Crippen LogP contribution is -2.57. The van der Waals surface area contributed by atoms with Gasteiger partial charge in [0, 0.05) is 11.4 Å². The van der Waals surface area contributed by atoms with Crippen molar-refractivity contribution in [1.82, 2.24) is 9.88 Å². The van der Waals surface area contributed by atoms with Crippen LogP contribution in [0.1, 0.15) is 28.4 Å². The minimum absolute atomic E-state index is 0.230. The van der Waals surface area contributed by atoms with Gasteiger partial charge in [0.1, 0.15) is 10.5 Å². The number of halogens is 3. The fourth-order valence-electron chi connectivity index (χ4n) is 3.17. The van der Waals surface area contributed by atoms with Crippen molar-refractivity contribution in [2.24, 2.45) is 5.92 Å². The van der Waals surface area contributed by atoms with Gasteiger partial charge in [-0.2, -0.15) is 13.2 Å². The Morgan fingerprint density at radius 3 is 2.56 bits per heavy atom. The van der Waals surface area contributed by atoms with E-state index in [1.807, 2.05) is 13.8 Å². The normalized spacial score (nSPS) is 31.7. The Hall–Kier alpha value is -0.620. The summed E-state index contributed by atoms with van der Waals surface area (Å²) in [6, 6.07) is 0. The molecule has 2 aliphatic heterocycles. The van der Waals surface area contributed by atoms with E-state index in [2.05, 4.69) is 4.98 Å². The second-order valence-corrected chi connectivity index (χ2v) is 6.72. The predicted octanol–water partition coefficient (Wildman–Crippen LogP) is 3.29. The molecular weight excluding hydrogens is 261 g/mol. The van der Waals surface area contributed by atoms with E-state index in [1.54, 1.807) is 4.90 Å². The van der Waals surface area contributed by atoms with Gasteiger partial charge in [0.2, 0.25) is 0 Å². The van der Waals surface area contributed by atoms with E-state index in [-0.39, 0.29) is 18.8 Å². The summed E-state index contributed by atoms with van der Waals surface area (Å²) in [6.45, 7) is 4.77. The molecule has 2 saturated heterocycles.